The van der Waals surface area contributed by atoms with Crippen molar-refractivity contribution >= 4 is 15.7 Å². The van der Waals surface area contributed by atoms with Crippen molar-refractivity contribution in [3.05, 3.63) is 33.9 Å². The van der Waals surface area contributed by atoms with Gasteiger partial charge in [0.25, 0.3) is 0 Å². The molecule has 3 N–H and O–H groups in total. The van der Waals surface area contributed by atoms with Gasteiger partial charge >= 0.3 is 5.69 Å². The van der Waals surface area contributed by atoms with Crippen molar-refractivity contribution in [1.82, 2.24) is 4.72 Å². The Hall–Kier alpha value is -1.65. The zero-order valence-electron chi connectivity index (χ0n) is 8.89. The van der Waals surface area contributed by atoms with Gasteiger partial charge in [0, 0.05) is 25.2 Å². The number of benzene rings is 1. The van der Waals surface area contributed by atoms with Crippen molar-refractivity contribution in [2.75, 3.05) is 13.1 Å². The standard InChI is InChI=1S/C8H9F2N3O4S/c9-5-3-6(10)8(4-7(5)13(14)15)18(16,17)12-2-1-11/h3-4,12H,1-2,11H2. The van der Waals surface area contributed by atoms with Gasteiger partial charge in [-0.1, -0.05) is 0 Å². The average molecular weight is 281 g/mol. The molecule has 1 aromatic rings. The van der Waals surface area contributed by atoms with E-state index in [0.29, 0.717) is 6.07 Å². The molecule has 1 rings (SSSR count). The van der Waals surface area contributed by atoms with Crippen LogP contribution in [0.1, 0.15) is 0 Å². The summed E-state index contributed by atoms with van der Waals surface area (Å²) in [7, 11) is -4.30. The second-order valence-corrected chi connectivity index (χ2v) is 4.91. The molecule has 0 heterocycles. The summed E-state index contributed by atoms with van der Waals surface area (Å²) in [5.41, 5.74) is 3.94. The molecule has 0 amide bonds. The number of hydrogen-bond acceptors (Lipinski definition) is 5. The lowest BCUT2D eigenvalue weighted by molar-refractivity contribution is -0.387. The van der Waals surface area contributed by atoms with Gasteiger partial charge in [-0.2, -0.15) is 4.39 Å². The Bertz CT molecular complexity index is 576. The van der Waals surface area contributed by atoms with Gasteiger partial charge in [-0.3, -0.25) is 10.1 Å². The molecule has 0 spiro atoms. The molecule has 100 valence electrons. The van der Waals surface area contributed by atoms with E-state index in [1.807, 2.05) is 4.72 Å². The van der Waals surface area contributed by atoms with Gasteiger partial charge in [-0.15, -0.1) is 0 Å². The Morgan fingerprint density at radius 3 is 2.44 bits per heavy atom. The van der Waals surface area contributed by atoms with Crippen molar-refractivity contribution in [2.45, 2.75) is 4.90 Å². The third-order valence-corrected chi connectivity index (χ3v) is 3.40. The van der Waals surface area contributed by atoms with Gasteiger partial charge in [0.05, 0.1) is 4.92 Å². The molecule has 1 aromatic carbocycles. The quantitative estimate of drug-likeness (QED) is 0.587. The van der Waals surface area contributed by atoms with E-state index in [4.69, 9.17) is 5.73 Å². The lowest BCUT2D eigenvalue weighted by Gasteiger charge is -2.06. The molecule has 0 unspecified atom stereocenters. The number of halogens is 2. The molecule has 0 aliphatic heterocycles. The first-order valence-corrected chi connectivity index (χ1v) is 6.11. The minimum atomic E-state index is -4.30. The highest BCUT2D eigenvalue weighted by molar-refractivity contribution is 7.89. The molecule has 0 radical (unpaired) electrons. The van der Waals surface area contributed by atoms with Crippen molar-refractivity contribution < 1.29 is 22.1 Å². The van der Waals surface area contributed by atoms with Gasteiger partial charge in [-0.25, -0.2) is 17.5 Å². The number of nitro benzene ring substituents is 1. The largest absolute Gasteiger partial charge is 0.329 e. The Morgan fingerprint density at radius 1 is 1.33 bits per heavy atom. The molecule has 0 saturated heterocycles. The minimum absolute atomic E-state index is 0.0376. The van der Waals surface area contributed by atoms with Crippen LogP contribution in [0.3, 0.4) is 0 Å². The highest BCUT2D eigenvalue weighted by Gasteiger charge is 2.25. The smallest absolute Gasteiger partial charge is 0.306 e. The zero-order chi connectivity index (χ0) is 13.9. The van der Waals surface area contributed by atoms with E-state index < -0.39 is 37.2 Å². The van der Waals surface area contributed by atoms with Gasteiger partial charge in [-0.05, 0) is 0 Å². The third-order valence-electron chi connectivity index (χ3n) is 1.92. The van der Waals surface area contributed by atoms with E-state index in [9.17, 15) is 27.3 Å². The highest BCUT2D eigenvalue weighted by atomic mass is 32.2. The Balaban J connectivity index is 3.33. The van der Waals surface area contributed by atoms with E-state index in [2.05, 4.69) is 0 Å². The van der Waals surface area contributed by atoms with E-state index >= 15 is 0 Å². The van der Waals surface area contributed by atoms with Crippen molar-refractivity contribution in [3.63, 3.8) is 0 Å². The lowest BCUT2D eigenvalue weighted by Crippen LogP contribution is -2.29. The molecule has 7 nitrogen and oxygen atoms in total. The van der Waals surface area contributed by atoms with E-state index in [-0.39, 0.29) is 19.2 Å². The molecule has 0 fully saturated rings. The van der Waals surface area contributed by atoms with Crippen molar-refractivity contribution in [1.29, 1.82) is 0 Å². The van der Waals surface area contributed by atoms with Crippen LogP contribution in [-0.2, 0) is 10.0 Å². The summed E-state index contributed by atoms with van der Waals surface area (Å²) in [6, 6.07) is 0.471. The lowest BCUT2D eigenvalue weighted by atomic mass is 10.3. The SMILES string of the molecule is NCCNS(=O)(=O)c1cc([N+](=O)[O-])c(F)cc1F. The minimum Gasteiger partial charge on any atom is -0.329 e. The molecule has 18 heavy (non-hydrogen) atoms. The maximum Gasteiger partial charge on any atom is 0.306 e. The van der Waals surface area contributed by atoms with Crippen LogP contribution >= 0.6 is 0 Å². The summed E-state index contributed by atoms with van der Waals surface area (Å²) in [5, 5.41) is 10.4. The first-order valence-electron chi connectivity index (χ1n) is 4.62. The maximum absolute atomic E-state index is 13.3. The molecule has 10 heteroatoms. The summed E-state index contributed by atoms with van der Waals surface area (Å²) in [4.78, 5) is 8.30. The fraction of sp³-hybridized carbons (Fsp3) is 0.250. The predicted octanol–water partition coefficient (Wildman–Crippen LogP) is 0.110. The average Bonchev–Trinajstić information content (AvgIpc) is 2.25. The predicted molar refractivity (Wildman–Crippen MR) is 57.3 cm³/mol. The molecule has 0 atom stereocenters. The first kappa shape index (κ1) is 14.4. The van der Waals surface area contributed by atoms with Gasteiger partial charge < -0.3 is 5.73 Å². The van der Waals surface area contributed by atoms with E-state index in [1.165, 1.54) is 0 Å². The van der Waals surface area contributed by atoms with Crippen LogP contribution in [0.25, 0.3) is 0 Å². The molecule has 0 aromatic heterocycles. The van der Waals surface area contributed by atoms with Gasteiger partial charge in [0.1, 0.15) is 10.7 Å². The molecule has 0 saturated carbocycles. The van der Waals surface area contributed by atoms with Crippen LogP contribution < -0.4 is 10.5 Å². The number of sulfonamides is 1. The summed E-state index contributed by atoms with van der Waals surface area (Å²) >= 11 is 0. The van der Waals surface area contributed by atoms with Crippen LogP contribution in [0, 0.1) is 21.7 Å². The number of nitrogens with two attached hydrogens (primary N) is 1. The Morgan fingerprint density at radius 2 is 1.94 bits per heavy atom. The molecule has 0 bridgehead atoms. The molecular weight excluding hydrogens is 272 g/mol. The van der Waals surface area contributed by atoms with Gasteiger partial charge in [0.15, 0.2) is 0 Å². The van der Waals surface area contributed by atoms with Crippen LogP contribution in [0.15, 0.2) is 17.0 Å². The fourth-order valence-corrected chi connectivity index (χ4v) is 2.26. The topological polar surface area (TPSA) is 115 Å². The Labute approximate surface area is 101 Å². The monoisotopic (exact) mass is 281 g/mol. The van der Waals surface area contributed by atoms with E-state index in [0.717, 1.165) is 0 Å². The molecule has 0 aliphatic rings. The number of nitro groups is 1. The first-order chi connectivity index (χ1) is 8.29. The molecular formula is C8H9F2N3O4S. The zero-order valence-corrected chi connectivity index (χ0v) is 9.71. The van der Waals surface area contributed by atoms with Crippen LogP contribution in [0.4, 0.5) is 14.5 Å². The van der Waals surface area contributed by atoms with Crippen molar-refractivity contribution in [3.8, 4) is 0 Å². The second kappa shape index (κ2) is 5.33. The normalized spacial score (nSPS) is 11.5. The van der Waals surface area contributed by atoms with Gasteiger partial charge in [0.2, 0.25) is 15.8 Å². The summed E-state index contributed by atoms with van der Waals surface area (Å²) in [6.07, 6.45) is 0. The third kappa shape index (κ3) is 2.97. The van der Waals surface area contributed by atoms with Crippen LogP contribution in [0.5, 0.6) is 0 Å². The number of hydrogen-bond donors (Lipinski definition) is 2. The molecule has 0 aliphatic carbocycles. The number of rotatable bonds is 5. The number of nitrogens with zero attached hydrogens (tertiary/aromatic N) is 1. The van der Waals surface area contributed by atoms with Crippen LogP contribution in [0.2, 0.25) is 0 Å². The summed E-state index contributed by atoms with van der Waals surface area (Å²) < 4.78 is 51.3. The van der Waals surface area contributed by atoms with Crippen molar-refractivity contribution in [2.24, 2.45) is 5.73 Å². The fourth-order valence-electron chi connectivity index (χ4n) is 1.14. The summed E-state index contributed by atoms with van der Waals surface area (Å²) in [5.74, 6) is -2.86. The van der Waals surface area contributed by atoms with E-state index in [1.54, 1.807) is 0 Å². The Kier molecular flexibility index (Phi) is 4.27. The highest BCUT2D eigenvalue weighted by Crippen LogP contribution is 2.24. The maximum atomic E-state index is 13.3. The number of nitrogens with one attached hydrogen (secondary N) is 1. The van der Waals surface area contributed by atoms with Crippen LogP contribution in [-0.4, -0.2) is 26.4 Å². The second-order valence-electron chi connectivity index (χ2n) is 3.18. The summed E-state index contributed by atoms with van der Waals surface area (Å²) in [6.45, 7) is -0.211.